The highest BCUT2D eigenvalue weighted by Gasteiger charge is 2.39. The zero-order chi connectivity index (χ0) is 72.8. The minimum Gasteiger partial charge on any atom is -0.454 e. The van der Waals surface area contributed by atoms with Crippen LogP contribution in [0.15, 0.2) is 349 Å². The van der Waals surface area contributed by atoms with Crippen molar-refractivity contribution in [3.8, 4) is 39.1 Å². The molecule has 16 aromatic carbocycles. The molecular weight excluding hydrogens is 1380 g/mol. The summed E-state index contributed by atoms with van der Waals surface area (Å²) in [5.41, 5.74) is 28.0. The fraction of sp³-hybridized carbons (Fsp3) is 0.0588. The first-order valence-corrected chi connectivity index (χ1v) is 39.5. The summed E-state index contributed by atoms with van der Waals surface area (Å²) in [7, 11) is 0. The van der Waals surface area contributed by atoms with Crippen molar-refractivity contribution in [2.45, 2.75) is 38.5 Å². The van der Waals surface area contributed by atoms with Crippen LogP contribution in [0.2, 0.25) is 0 Å². The minimum absolute atomic E-state index is 0.278. The van der Waals surface area contributed by atoms with Gasteiger partial charge >= 0.3 is 0 Å². The third-order valence-corrected chi connectivity index (χ3v) is 26.3. The van der Waals surface area contributed by atoms with Gasteiger partial charge in [0.15, 0.2) is 11.2 Å². The first-order chi connectivity index (χ1) is 54.1. The Hall–Kier alpha value is -13.2. The minimum atomic E-state index is -0.282. The summed E-state index contributed by atoms with van der Waals surface area (Å²) in [6.45, 7) is 9.55. The molecule has 0 aliphatic heterocycles. The molecule has 0 unspecified atom stereocenters. The van der Waals surface area contributed by atoms with Crippen molar-refractivity contribution in [2.75, 3.05) is 14.7 Å². The highest BCUT2D eigenvalue weighted by molar-refractivity contribution is 7.27. The molecule has 0 amide bonds. The molecule has 0 saturated heterocycles. The Morgan fingerprint density at radius 3 is 1.24 bits per heavy atom. The van der Waals surface area contributed by atoms with Gasteiger partial charge in [-0.2, -0.15) is 0 Å². The number of rotatable bonds is 11. The molecule has 0 spiro atoms. The van der Waals surface area contributed by atoms with E-state index in [1.165, 1.54) is 95.6 Å². The van der Waals surface area contributed by atoms with Gasteiger partial charge in [0.05, 0.1) is 38.5 Å². The maximum Gasteiger partial charge on any atom is 0.159 e. The predicted octanol–water partition coefficient (Wildman–Crippen LogP) is 30.0. The zero-order valence-electron chi connectivity index (χ0n) is 60.8. The standard InChI is InChI=1S/C102H68N4O2S2/c1-101(2)79-37-17-11-29-69(79)71-55-53-67(57-81(71)101)105(83-39-23-35-75-73-31-13-19-41-89(73)107-97(75)83)85-59-87-96(100-93(85)77-33-15-21-43-91(77)110-100)95-86(104(87)66-51-47-62(48-52-66)61-45-49-65(50-46-61)103(63-25-7-5-8-26-63)64-27-9-6-10-28-64)60-88(99-94(95)78-34-16-22-44-92(78)109-99)106(84-40-24-36-76-74-32-14-20-42-90(74)108-98(76)84)68-54-56-72-70-30-12-18-38-80(70)102(3,4)82(72)58-68/h5-60H,1-4H3. The van der Waals surface area contributed by atoms with Gasteiger partial charge in [0, 0.05) is 113 Å². The Morgan fingerprint density at radius 1 is 0.273 bits per heavy atom. The number of para-hydroxylation sites is 6. The molecule has 2 aliphatic carbocycles. The summed E-state index contributed by atoms with van der Waals surface area (Å²) in [4.78, 5) is 7.40. The maximum absolute atomic E-state index is 7.24. The van der Waals surface area contributed by atoms with E-state index in [0.717, 1.165) is 123 Å². The van der Waals surface area contributed by atoms with Crippen LogP contribution in [0.25, 0.3) is 145 Å². The van der Waals surface area contributed by atoms with Crippen molar-refractivity contribution in [3.05, 3.63) is 362 Å². The van der Waals surface area contributed by atoms with Crippen LogP contribution in [0.5, 0.6) is 0 Å². The Balaban J connectivity index is 0.841. The van der Waals surface area contributed by atoms with Crippen molar-refractivity contribution < 1.29 is 8.83 Å². The molecule has 0 atom stereocenters. The van der Waals surface area contributed by atoms with Crippen molar-refractivity contribution in [1.82, 2.24) is 4.57 Å². The van der Waals surface area contributed by atoms with Gasteiger partial charge in [0.25, 0.3) is 0 Å². The average Bonchev–Trinajstić information content (AvgIpc) is 1.52. The van der Waals surface area contributed by atoms with Gasteiger partial charge in [0.1, 0.15) is 11.2 Å². The molecule has 520 valence electrons. The van der Waals surface area contributed by atoms with E-state index in [1.807, 2.05) is 22.7 Å². The van der Waals surface area contributed by atoms with Crippen molar-refractivity contribution >= 4 is 180 Å². The highest BCUT2D eigenvalue weighted by Crippen LogP contribution is 2.60. The molecule has 0 fully saturated rings. The summed E-state index contributed by atoms with van der Waals surface area (Å²) >= 11 is 3.78. The van der Waals surface area contributed by atoms with Crippen molar-refractivity contribution in [1.29, 1.82) is 0 Å². The van der Waals surface area contributed by atoms with Crippen molar-refractivity contribution in [2.24, 2.45) is 0 Å². The maximum atomic E-state index is 7.24. The monoisotopic (exact) mass is 1440 g/mol. The van der Waals surface area contributed by atoms with Crippen LogP contribution in [-0.4, -0.2) is 4.57 Å². The molecule has 0 N–H and O–H groups in total. The van der Waals surface area contributed by atoms with Gasteiger partial charge in [-0.25, -0.2) is 0 Å². The fourth-order valence-electron chi connectivity index (χ4n) is 18.8. The lowest BCUT2D eigenvalue weighted by Gasteiger charge is -2.29. The number of nitrogens with zero attached hydrogens (tertiary/aromatic N) is 4. The van der Waals surface area contributed by atoms with E-state index in [2.05, 4.69) is 387 Å². The average molecular weight is 1450 g/mol. The van der Waals surface area contributed by atoms with Gasteiger partial charge in [-0.15, -0.1) is 22.7 Å². The lowest BCUT2D eigenvalue weighted by atomic mass is 9.82. The number of benzene rings is 16. The molecular formula is C102H68N4O2S2. The van der Waals surface area contributed by atoms with E-state index < -0.39 is 0 Å². The first-order valence-electron chi connectivity index (χ1n) is 37.9. The summed E-state index contributed by atoms with van der Waals surface area (Å²) in [6, 6.07) is 126. The van der Waals surface area contributed by atoms with E-state index in [-0.39, 0.29) is 10.8 Å². The van der Waals surface area contributed by atoms with Gasteiger partial charge < -0.3 is 28.1 Å². The third-order valence-electron chi connectivity index (χ3n) is 23.9. The van der Waals surface area contributed by atoms with Crippen LogP contribution in [0.1, 0.15) is 49.9 Å². The van der Waals surface area contributed by atoms with Crippen LogP contribution in [0.4, 0.5) is 51.2 Å². The SMILES string of the molecule is CC1(C)c2ccccc2-c2ccc(N(c3cccc4c3oc3ccccc34)c3cc4c(c5c3sc3ccccc35)c3c5sc6ccccc6c5c(N(c5ccc6c(c5)C(C)(C)c5ccccc5-6)c5cccc6c5oc5ccccc56)cc3n4-c3ccc(-c4ccc(N(c5ccccc5)c5ccccc5)cc4)cc3)cc21. The zero-order valence-corrected chi connectivity index (χ0v) is 62.4. The number of hydrogen-bond acceptors (Lipinski definition) is 7. The number of anilines is 9. The normalized spacial score (nSPS) is 13.4. The molecule has 2 aliphatic rings. The lowest BCUT2D eigenvalue weighted by molar-refractivity contribution is 0.660. The number of thiophene rings is 2. The van der Waals surface area contributed by atoms with Crippen LogP contribution in [0, 0.1) is 0 Å². The van der Waals surface area contributed by atoms with Crippen LogP contribution in [-0.2, 0) is 10.8 Å². The highest BCUT2D eigenvalue weighted by atomic mass is 32.1. The van der Waals surface area contributed by atoms with Gasteiger partial charge in [0.2, 0.25) is 0 Å². The van der Waals surface area contributed by atoms with Crippen molar-refractivity contribution in [3.63, 3.8) is 0 Å². The van der Waals surface area contributed by atoms with Gasteiger partial charge in [-0.05, 0) is 177 Å². The second-order valence-corrected chi connectivity index (χ2v) is 32.7. The number of furan rings is 2. The molecule has 5 aromatic heterocycles. The third kappa shape index (κ3) is 9.09. The molecule has 5 heterocycles. The largest absolute Gasteiger partial charge is 0.454 e. The second-order valence-electron chi connectivity index (χ2n) is 30.6. The topological polar surface area (TPSA) is 40.9 Å². The molecule has 0 bridgehead atoms. The molecule has 110 heavy (non-hydrogen) atoms. The van der Waals surface area contributed by atoms with E-state index in [1.54, 1.807) is 0 Å². The molecule has 6 nitrogen and oxygen atoms in total. The Labute approximate surface area is 643 Å². The van der Waals surface area contributed by atoms with E-state index in [9.17, 15) is 0 Å². The number of aromatic nitrogens is 1. The summed E-state index contributed by atoms with van der Waals surface area (Å²) in [5, 5.41) is 11.5. The summed E-state index contributed by atoms with van der Waals surface area (Å²) in [6.07, 6.45) is 0. The molecule has 8 heteroatoms. The smallest absolute Gasteiger partial charge is 0.159 e. The number of fused-ring (bicyclic) bond motifs is 23. The molecule has 0 saturated carbocycles. The van der Waals surface area contributed by atoms with Gasteiger partial charge in [-0.1, -0.05) is 246 Å². The molecule has 23 rings (SSSR count). The quantitative estimate of drug-likeness (QED) is 0.129. The fourth-order valence-corrected chi connectivity index (χ4v) is 21.3. The van der Waals surface area contributed by atoms with Crippen LogP contribution < -0.4 is 14.7 Å². The van der Waals surface area contributed by atoms with E-state index in [4.69, 9.17) is 8.83 Å². The summed E-state index contributed by atoms with van der Waals surface area (Å²) in [5.74, 6) is 0. The van der Waals surface area contributed by atoms with Crippen LogP contribution >= 0.6 is 22.7 Å². The molecule has 0 radical (unpaired) electrons. The Morgan fingerprint density at radius 2 is 0.682 bits per heavy atom. The first kappa shape index (κ1) is 62.9. The lowest BCUT2D eigenvalue weighted by Crippen LogP contribution is -2.16. The number of hydrogen-bond donors (Lipinski definition) is 0. The second kappa shape index (κ2) is 23.6. The van der Waals surface area contributed by atoms with E-state index >= 15 is 0 Å². The van der Waals surface area contributed by atoms with Gasteiger partial charge in [-0.3, -0.25) is 0 Å². The Kier molecular flexibility index (Phi) is 13.5. The van der Waals surface area contributed by atoms with E-state index in [0.29, 0.717) is 0 Å². The predicted molar refractivity (Wildman–Crippen MR) is 466 cm³/mol. The summed E-state index contributed by atoms with van der Waals surface area (Å²) < 4.78 is 21.9. The van der Waals surface area contributed by atoms with Crippen LogP contribution in [0.3, 0.4) is 0 Å². The Bertz CT molecular complexity index is 7380. The molecule has 21 aromatic rings.